The standard InChI is InChI=1S/C20H27N5S2.HI/c1-4-21-20(23-13-11-19-24-14(2)15(3)26-19)22-12-7-10-18-25-16-8-5-6-9-17(16)27-18;/h5-6,8-9H,4,7,10-13H2,1-3H3,(H2,21,22,23);1H. The van der Waals surface area contributed by atoms with E-state index in [-0.39, 0.29) is 24.0 Å². The third-order valence-corrected chi connectivity index (χ3v) is 6.43. The van der Waals surface area contributed by atoms with Gasteiger partial charge < -0.3 is 10.6 Å². The van der Waals surface area contributed by atoms with Crippen LogP contribution in [0.4, 0.5) is 0 Å². The minimum atomic E-state index is 0. The molecule has 5 nitrogen and oxygen atoms in total. The summed E-state index contributed by atoms with van der Waals surface area (Å²) in [6, 6.07) is 8.31. The van der Waals surface area contributed by atoms with Crippen molar-refractivity contribution in [2.75, 3.05) is 19.6 Å². The number of thiazole rings is 2. The molecule has 0 radical (unpaired) electrons. The smallest absolute Gasteiger partial charge is 0.191 e. The zero-order chi connectivity index (χ0) is 19.1. The Morgan fingerprint density at radius 3 is 2.54 bits per heavy atom. The molecule has 28 heavy (non-hydrogen) atoms. The van der Waals surface area contributed by atoms with Crippen LogP contribution in [-0.2, 0) is 12.8 Å². The van der Waals surface area contributed by atoms with Crippen LogP contribution in [0.5, 0.6) is 0 Å². The molecule has 0 amide bonds. The van der Waals surface area contributed by atoms with E-state index in [4.69, 9.17) is 9.98 Å². The normalized spacial score (nSPS) is 11.5. The molecule has 0 aliphatic heterocycles. The first kappa shape index (κ1) is 23.0. The SMILES string of the molecule is CCNC(=NCCCc1nc2ccccc2s1)NCCc1nc(C)c(C)s1.I. The van der Waals surface area contributed by atoms with Gasteiger partial charge in [0.25, 0.3) is 0 Å². The van der Waals surface area contributed by atoms with Crippen LogP contribution in [0.15, 0.2) is 29.3 Å². The maximum absolute atomic E-state index is 4.69. The van der Waals surface area contributed by atoms with Crippen molar-refractivity contribution >= 4 is 62.8 Å². The van der Waals surface area contributed by atoms with Crippen LogP contribution < -0.4 is 10.6 Å². The first-order valence-corrected chi connectivity index (χ1v) is 11.1. The average molecular weight is 530 g/mol. The van der Waals surface area contributed by atoms with Crippen LogP contribution in [0.3, 0.4) is 0 Å². The molecule has 0 aliphatic carbocycles. The lowest BCUT2D eigenvalue weighted by molar-refractivity contribution is 0.773. The van der Waals surface area contributed by atoms with E-state index >= 15 is 0 Å². The Balaban J connectivity index is 0.00000280. The molecule has 0 fully saturated rings. The number of halogens is 1. The van der Waals surface area contributed by atoms with Gasteiger partial charge in [-0.2, -0.15) is 0 Å². The van der Waals surface area contributed by atoms with Crippen molar-refractivity contribution in [2.24, 2.45) is 4.99 Å². The number of nitrogens with one attached hydrogen (secondary N) is 2. The summed E-state index contributed by atoms with van der Waals surface area (Å²) in [5.41, 5.74) is 2.24. The van der Waals surface area contributed by atoms with Gasteiger partial charge in [-0.25, -0.2) is 9.97 Å². The summed E-state index contributed by atoms with van der Waals surface area (Å²) in [4.78, 5) is 15.3. The van der Waals surface area contributed by atoms with Gasteiger partial charge in [-0.15, -0.1) is 46.7 Å². The number of rotatable bonds is 8. The Kier molecular flexibility index (Phi) is 9.60. The number of nitrogens with zero attached hydrogens (tertiary/aromatic N) is 3. The summed E-state index contributed by atoms with van der Waals surface area (Å²) in [7, 11) is 0. The molecule has 8 heteroatoms. The fraction of sp³-hybridized carbons (Fsp3) is 0.450. The van der Waals surface area contributed by atoms with E-state index in [9.17, 15) is 0 Å². The Hall–Kier alpha value is -1.26. The largest absolute Gasteiger partial charge is 0.357 e. The zero-order valence-corrected chi connectivity index (χ0v) is 20.6. The van der Waals surface area contributed by atoms with Crippen LogP contribution in [0.1, 0.15) is 33.9 Å². The topological polar surface area (TPSA) is 62.2 Å². The number of guanidine groups is 1. The first-order chi connectivity index (χ1) is 13.2. The van der Waals surface area contributed by atoms with E-state index in [0.29, 0.717) is 0 Å². The fourth-order valence-electron chi connectivity index (χ4n) is 2.72. The van der Waals surface area contributed by atoms with Gasteiger partial charge in [0.15, 0.2) is 5.96 Å². The summed E-state index contributed by atoms with van der Waals surface area (Å²) < 4.78 is 1.26. The lowest BCUT2D eigenvalue weighted by atomic mass is 10.3. The van der Waals surface area contributed by atoms with E-state index in [1.807, 2.05) is 6.07 Å². The second-order valence-corrected chi connectivity index (χ2v) is 8.77. The first-order valence-electron chi connectivity index (χ1n) is 9.45. The third-order valence-electron chi connectivity index (χ3n) is 4.21. The van der Waals surface area contributed by atoms with Crippen molar-refractivity contribution in [2.45, 2.75) is 40.0 Å². The molecule has 0 unspecified atom stereocenters. The van der Waals surface area contributed by atoms with E-state index in [1.165, 1.54) is 19.6 Å². The zero-order valence-electron chi connectivity index (χ0n) is 16.6. The van der Waals surface area contributed by atoms with Crippen molar-refractivity contribution in [1.29, 1.82) is 0 Å². The van der Waals surface area contributed by atoms with E-state index < -0.39 is 0 Å². The number of benzene rings is 1. The van der Waals surface area contributed by atoms with Gasteiger partial charge in [-0.1, -0.05) is 12.1 Å². The molecular formula is C20H28IN5S2. The van der Waals surface area contributed by atoms with Crippen molar-refractivity contribution in [3.05, 3.63) is 44.9 Å². The third kappa shape index (κ3) is 6.66. The molecule has 0 saturated carbocycles. The summed E-state index contributed by atoms with van der Waals surface area (Å²) in [5.74, 6) is 0.881. The number of para-hydroxylation sites is 1. The van der Waals surface area contributed by atoms with Gasteiger partial charge in [0.05, 0.1) is 25.9 Å². The van der Waals surface area contributed by atoms with Gasteiger partial charge in [0.1, 0.15) is 0 Å². The van der Waals surface area contributed by atoms with Crippen molar-refractivity contribution in [3.8, 4) is 0 Å². The van der Waals surface area contributed by atoms with Gasteiger partial charge >= 0.3 is 0 Å². The quantitative estimate of drug-likeness (QED) is 0.192. The Bertz CT molecular complexity index is 851. The van der Waals surface area contributed by atoms with Crippen LogP contribution in [0.2, 0.25) is 0 Å². The van der Waals surface area contributed by atoms with Crippen molar-refractivity contribution in [3.63, 3.8) is 0 Å². The van der Waals surface area contributed by atoms with Crippen LogP contribution in [0.25, 0.3) is 10.2 Å². The predicted molar refractivity (Wildman–Crippen MR) is 133 cm³/mol. The number of aryl methyl sites for hydroxylation is 3. The minimum Gasteiger partial charge on any atom is -0.357 e. The van der Waals surface area contributed by atoms with E-state index in [2.05, 4.69) is 54.6 Å². The molecule has 3 rings (SSSR count). The van der Waals surface area contributed by atoms with E-state index in [0.717, 1.165) is 56.1 Å². The summed E-state index contributed by atoms with van der Waals surface area (Å²) in [6.45, 7) is 8.78. The molecule has 0 saturated heterocycles. The van der Waals surface area contributed by atoms with Crippen LogP contribution in [-0.4, -0.2) is 35.6 Å². The maximum atomic E-state index is 4.69. The molecule has 3 aromatic rings. The number of aliphatic imine (C=N–C) groups is 1. The Morgan fingerprint density at radius 2 is 1.82 bits per heavy atom. The number of hydrogen-bond donors (Lipinski definition) is 2. The molecule has 0 spiro atoms. The van der Waals surface area contributed by atoms with E-state index in [1.54, 1.807) is 22.7 Å². The Labute approximate surface area is 192 Å². The lowest BCUT2D eigenvalue weighted by Gasteiger charge is -2.10. The van der Waals surface area contributed by atoms with Crippen molar-refractivity contribution < 1.29 is 0 Å². The number of fused-ring (bicyclic) bond motifs is 1. The number of aromatic nitrogens is 2. The highest BCUT2D eigenvalue weighted by molar-refractivity contribution is 14.0. The molecule has 2 heterocycles. The highest BCUT2D eigenvalue weighted by Gasteiger charge is 2.05. The summed E-state index contributed by atoms with van der Waals surface area (Å²) in [5, 5.41) is 9.10. The Morgan fingerprint density at radius 1 is 1.04 bits per heavy atom. The molecule has 2 N–H and O–H groups in total. The molecule has 1 aromatic carbocycles. The lowest BCUT2D eigenvalue weighted by Crippen LogP contribution is -2.38. The molecule has 0 aliphatic rings. The van der Waals surface area contributed by atoms with Crippen LogP contribution >= 0.6 is 46.7 Å². The molecule has 0 bridgehead atoms. The molecule has 2 aromatic heterocycles. The highest BCUT2D eigenvalue weighted by atomic mass is 127. The fourth-order valence-corrected chi connectivity index (χ4v) is 4.67. The van der Waals surface area contributed by atoms with Gasteiger partial charge in [-0.3, -0.25) is 4.99 Å². The molecular weight excluding hydrogens is 501 g/mol. The van der Waals surface area contributed by atoms with Crippen molar-refractivity contribution in [1.82, 2.24) is 20.6 Å². The van der Waals surface area contributed by atoms with Gasteiger partial charge in [0.2, 0.25) is 0 Å². The summed E-state index contributed by atoms with van der Waals surface area (Å²) in [6.07, 6.45) is 2.90. The predicted octanol–water partition coefficient (Wildman–Crippen LogP) is 4.72. The number of hydrogen-bond acceptors (Lipinski definition) is 5. The molecule has 152 valence electrons. The second-order valence-electron chi connectivity index (χ2n) is 6.37. The summed E-state index contributed by atoms with van der Waals surface area (Å²) >= 11 is 3.57. The second kappa shape index (κ2) is 11.7. The monoisotopic (exact) mass is 529 g/mol. The highest BCUT2D eigenvalue weighted by Crippen LogP contribution is 2.22. The average Bonchev–Trinajstić information content (AvgIpc) is 3.21. The van der Waals surface area contributed by atoms with Gasteiger partial charge in [-0.05, 0) is 39.3 Å². The maximum Gasteiger partial charge on any atom is 0.191 e. The van der Waals surface area contributed by atoms with Gasteiger partial charge in [0, 0.05) is 37.4 Å². The molecule has 0 atom stereocenters. The van der Waals surface area contributed by atoms with Crippen LogP contribution in [0, 0.1) is 13.8 Å². The minimum absolute atomic E-state index is 0.